The fourth-order valence-electron chi connectivity index (χ4n) is 0.738. The third-order valence-corrected chi connectivity index (χ3v) is 3.41. The molecule has 0 aliphatic rings. The lowest BCUT2D eigenvalue weighted by Gasteiger charge is -2.02. The highest BCUT2D eigenvalue weighted by molar-refractivity contribution is 6.35. The summed E-state index contributed by atoms with van der Waals surface area (Å²) in [6.07, 6.45) is 1.08. The van der Waals surface area contributed by atoms with Crippen molar-refractivity contribution in [3.63, 3.8) is 0 Å². The molecule has 0 spiro atoms. The van der Waals surface area contributed by atoms with Gasteiger partial charge in [0.1, 0.15) is 0 Å². The van der Waals surface area contributed by atoms with E-state index in [0.717, 1.165) is 18.8 Å². The molecule has 0 unspecified atom stereocenters. The van der Waals surface area contributed by atoms with Crippen LogP contribution in [0.5, 0.6) is 0 Å². The van der Waals surface area contributed by atoms with E-state index in [1.54, 1.807) is 0 Å². The smallest absolute Gasteiger partial charge is 0.0518 e. The Balaban J connectivity index is 2.75. The summed E-state index contributed by atoms with van der Waals surface area (Å²) in [7, 11) is 0.131. The highest BCUT2D eigenvalue weighted by atomic mass is 28.2. The predicted molar refractivity (Wildman–Crippen MR) is 44.7 cm³/mol. The quantitative estimate of drug-likeness (QED) is 0.419. The zero-order chi connectivity index (χ0) is 7.11. The summed E-state index contributed by atoms with van der Waals surface area (Å²) in [6, 6.07) is 1.43. The summed E-state index contributed by atoms with van der Waals surface area (Å²) in [5.41, 5.74) is 0. The maximum Gasteiger partial charge on any atom is 0.0518 e. The fourth-order valence-corrected chi connectivity index (χ4v) is 2.21. The number of hydrogen-bond donors (Lipinski definition) is 0. The van der Waals surface area contributed by atoms with Gasteiger partial charge in [-0.15, -0.1) is 0 Å². The standard InChI is InChI=1S/C7H18OSi/c1-4-8-6-9-5-7(2)3/h7H,4-6,9H2,1-3H3. The van der Waals surface area contributed by atoms with Crippen molar-refractivity contribution in [2.75, 3.05) is 12.8 Å². The van der Waals surface area contributed by atoms with Gasteiger partial charge in [-0.3, -0.25) is 0 Å². The molecule has 0 fully saturated rings. The van der Waals surface area contributed by atoms with Crippen molar-refractivity contribution in [1.82, 2.24) is 0 Å². The second kappa shape index (κ2) is 6.30. The largest absolute Gasteiger partial charge is 0.386 e. The lowest BCUT2D eigenvalue weighted by atomic mass is 10.3. The highest BCUT2D eigenvalue weighted by Crippen LogP contribution is 1.97. The van der Waals surface area contributed by atoms with Crippen LogP contribution >= 0.6 is 0 Å². The third-order valence-electron chi connectivity index (χ3n) is 1.27. The van der Waals surface area contributed by atoms with E-state index in [0.29, 0.717) is 0 Å². The lowest BCUT2D eigenvalue weighted by molar-refractivity contribution is 0.192. The Labute approximate surface area is 60.6 Å². The molecule has 0 amide bonds. The molecule has 0 saturated heterocycles. The average Bonchev–Trinajstić information content (AvgIpc) is 1.80. The van der Waals surface area contributed by atoms with Crippen LogP contribution in [0.3, 0.4) is 0 Å². The molecule has 0 heterocycles. The summed E-state index contributed by atoms with van der Waals surface area (Å²) < 4.78 is 5.25. The highest BCUT2D eigenvalue weighted by Gasteiger charge is 1.92. The van der Waals surface area contributed by atoms with Crippen molar-refractivity contribution in [3.8, 4) is 0 Å². The molecule has 0 aromatic heterocycles. The molecule has 56 valence electrons. The van der Waals surface area contributed by atoms with Crippen LogP contribution in [0.4, 0.5) is 0 Å². The van der Waals surface area contributed by atoms with Crippen LogP contribution in [0.15, 0.2) is 0 Å². The third kappa shape index (κ3) is 8.18. The molecule has 0 radical (unpaired) electrons. The van der Waals surface area contributed by atoms with Gasteiger partial charge in [0.15, 0.2) is 0 Å². The van der Waals surface area contributed by atoms with E-state index in [9.17, 15) is 0 Å². The minimum Gasteiger partial charge on any atom is -0.386 e. The van der Waals surface area contributed by atoms with Crippen LogP contribution < -0.4 is 0 Å². The summed E-state index contributed by atoms with van der Waals surface area (Å²) >= 11 is 0. The van der Waals surface area contributed by atoms with E-state index in [2.05, 4.69) is 20.8 Å². The molecular formula is C7H18OSi. The van der Waals surface area contributed by atoms with Crippen molar-refractivity contribution >= 4 is 9.52 Å². The summed E-state index contributed by atoms with van der Waals surface area (Å²) in [5.74, 6) is 0.886. The van der Waals surface area contributed by atoms with E-state index >= 15 is 0 Å². The Bertz CT molecular complexity index is 54.9. The second-order valence-electron chi connectivity index (χ2n) is 2.73. The normalized spacial score (nSPS) is 12.0. The van der Waals surface area contributed by atoms with Crippen LogP contribution in [-0.4, -0.2) is 22.4 Å². The van der Waals surface area contributed by atoms with Crippen molar-refractivity contribution in [2.45, 2.75) is 26.8 Å². The average molecular weight is 146 g/mol. The van der Waals surface area contributed by atoms with Crippen molar-refractivity contribution in [1.29, 1.82) is 0 Å². The maximum absolute atomic E-state index is 5.25. The SMILES string of the molecule is CCOC[SiH2]CC(C)C. The van der Waals surface area contributed by atoms with Crippen LogP contribution in [0.2, 0.25) is 6.04 Å². The Morgan fingerprint density at radius 3 is 2.56 bits per heavy atom. The van der Waals surface area contributed by atoms with Gasteiger partial charge in [-0.1, -0.05) is 19.9 Å². The Hall–Kier alpha value is 0.177. The molecule has 9 heavy (non-hydrogen) atoms. The first-order chi connectivity index (χ1) is 4.27. The Kier molecular flexibility index (Phi) is 6.42. The van der Waals surface area contributed by atoms with Crippen LogP contribution in [0.1, 0.15) is 20.8 Å². The van der Waals surface area contributed by atoms with E-state index in [1.165, 1.54) is 6.04 Å². The molecule has 0 rings (SSSR count). The van der Waals surface area contributed by atoms with Gasteiger partial charge in [0.05, 0.1) is 9.52 Å². The molecule has 2 heteroatoms. The summed E-state index contributed by atoms with van der Waals surface area (Å²) in [5, 5.41) is 0. The first-order valence-corrected chi connectivity index (χ1v) is 5.85. The van der Waals surface area contributed by atoms with Gasteiger partial charge in [0.2, 0.25) is 0 Å². The van der Waals surface area contributed by atoms with Gasteiger partial charge in [0.25, 0.3) is 0 Å². The molecule has 0 atom stereocenters. The van der Waals surface area contributed by atoms with Crippen LogP contribution in [0.25, 0.3) is 0 Å². The first-order valence-electron chi connectivity index (χ1n) is 3.85. The fraction of sp³-hybridized carbons (Fsp3) is 1.00. The summed E-state index contributed by atoms with van der Waals surface area (Å²) in [6.45, 7) is 7.51. The maximum atomic E-state index is 5.25. The van der Waals surface area contributed by atoms with Gasteiger partial charge in [-0.05, 0) is 12.8 Å². The predicted octanol–water partition coefficient (Wildman–Crippen LogP) is 1.22. The van der Waals surface area contributed by atoms with Gasteiger partial charge < -0.3 is 4.74 Å². The van der Waals surface area contributed by atoms with Gasteiger partial charge >= 0.3 is 0 Å². The first kappa shape index (κ1) is 9.18. The minimum absolute atomic E-state index is 0.131. The molecule has 0 aromatic carbocycles. The van der Waals surface area contributed by atoms with E-state index < -0.39 is 0 Å². The molecule has 0 saturated carbocycles. The van der Waals surface area contributed by atoms with Crippen LogP contribution in [0, 0.1) is 5.92 Å². The molecule has 0 aliphatic carbocycles. The zero-order valence-corrected chi connectivity index (χ0v) is 8.23. The van der Waals surface area contributed by atoms with E-state index in [4.69, 9.17) is 4.74 Å². The number of rotatable bonds is 5. The summed E-state index contributed by atoms with van der Waals surface area (Å²) in [4.78, 5) is 0. The van der Waals surface area contributed by atoms with Crippen molar-refractivity contribution in [2.24, 2.45) is 5.92 Å². The zero-order valence-electron chi connectivity index (χ0n) is 6.81. The van der Waals surface area contributed by atoms with Gasteiger partial charge in [-0.25, -0.2) is 0 Å². The Morgan fingerprint density at radius 1 is 1.44 bits per heavy atom. The molecule has 0 aliphatic heterocycles. The topological polar surface area (TPSA) is 9.23 Å². The number of hydrogen-bond acceptors (Lipinski definition) is 1. The monoisotopic (exact) mass is 146 g/mol. The second-order valence-corrected chi connectivity index (χ2v) is 4.43. The number of ether oxygens (including phenoxy) is 1. The van der Waals surface area contributed by atoms with Crippen LogP contribution in [-0.2, 0) is 4.74 Å². The minimum atomic E-state index is 0.131. The molecule has 0 aromatic rings. The lowest BCUT2D eigenvalue weighted by Crippen LogP contribution is -2.05. The molecule has 0 N–H and O–H groups in total. The van der Waals surface area contributed by atoms with E-state index in [1.807, 2.05) is 0 Å². The molecule has 1 nitrogen and oxygen atoms in total. The Morgan fingerprint density at radius 2 is 2.11 bits per heavy atom. The van der Waals surface area contributed by atoms with E-state index in [-0.39, 0.29) is 9.52 Å². The van der Waals surface area contributed by atoms with Gasteiger partial charge in [0, 0.05) is 12.8 Å². The van der Waals surface area contributed by atoms with Crippen molar-refractivity contribution < 1.29 is 4.74 Å². The molecular weight excluding hydrogens is 128 g/mol. The molecule has 0 bridgehead atoms. The van der Waals surface area contributed by atoms with Gasteiger partial charge in [-0.2, -0.15) is 0 Å². The van der Waals surface area contributed by atoms with Crippen molar-refractivity contribution in [3.05, 3.63) is 0 Å².